The zero-order valence-electron chi connectivity index (χ0n) is 13.6. The second-order valence-electron chi connectivity index (χ2n) is 6.16. The molecule has 1 atom stereocenters. The Hall–Kier alpha value is -2.14. The van der Waals surface area contributed by atoms with Crippen molar-refractivity contribution < 1.29 is 4.79 Å². The Morgan fingerprint density at radius 2 is 2.12 bits per heavy atom. The van der Waals surface area contributed by atoms with Crippen LogP contribution in [0.1, 0.15) is 43.4 Å². The van der Waals surface area contributed by atoms with Crippen molar-refractivity contribution in [2.75, 3.05) is 6.54 Å². The molecule has 0 saturated carbocycles. The molecule has 1 N–H and O–H groups in total. The topological polar surface area (TPSA) is 66.1 Å². The number of carbonyl (C=O) groups is 1. The van der Waals surface area contributed by atoms with Crippen LogP contribution in [0, 0.1) is 0 Å². The van der Waals surface area contributed by atoms with Crippen molar-refractivity contribution in [3.63, 3.8) is 0 Å². The number of nitrogens with one attached hydrogen (secondary N) is 1. The van der Waals surface area contributed by atoms with E-state index in [9.17, 15) is 9.59 Å². The molecule has 0 spiro atoms. The minimum Gasteiger partial charge on any atom is -0.340 e. The molecule has 1 aromatic heterocycles. The lowest BCUT2D eigenvalue weighted by molar-refractivity contribution is -0.119. The molecule has 1 unspecified atom stereocenters. The number of amides is 1. The minimum atomic E-state index is -0.169. The first-order valence-electron chi connectivity index (χ1n) is 8.20. The van der Waals surface area contributed by atoms with Gasteiger partial charge in [0.25, 0.3) is 5.56 Å². The summed E-state index contributed by atoms with van der Waals surface area (Å²) in [6, 6.07) is 7.24. The van der Waals surface area contributed by atoms with Crippen LogP contribution in [-0.2, 0) is 11.3 Å². The predicted octanol–water partition coefficient (Wildman–Crippen LogP) is 3.34. The lowest BCUT2D eigenvalue weighted by Crippen LogP contribution is -2.37. The fourth-order valence-corrected chi connectivity index (χ4v) is 3.27. The molecule has 126 valence electrons. The number of hydrogen-bond acceptors (Lipinski definition) is 3. The standard InChI is InChI=1S/C18H20ClN3O2/c1-2-3-4-13-9-22(11-23)10-15-16(13)20-17(21-18(15)24)12-5-7-14(19)8-6-12/h5-8,11,13H,2-4,9-10H2,1H3,(H,20,21,24). The van der Waals surface area contributed by atoms with E-state index >= 15 is 0 Å². The normalized spacial score (nSPS) is 16.8. The summed E-state index contributed by atoms with van der Waals surface area (Å²) < 4.78 is 0. The summed E-state index contributed by atoms with van der Waals surface area (Å²) in [4.78, 5) is 33.0. The second-order valence-corrected chi connectivity index (χ2v) is 6.60. The van der Waals surface area contributed by atoms with Crippen LogP contribution in [0.4, 0.5) is 0 Å². The number of unbranched alkanes of at least 4 members (excludes halogenated alkanes) is 1. The van der Waals surface area contributed by atoms with Crippen molar-refractivity contribution >= 4 is 18.0 Å². The van der Waals surface area contributed by atoms with Gasteiger partial charge in [0, 0.05) is 23.0 Å². The third-order valence-corrected chi connectivity index (χ3v) is 4.68. The molecule has 6 heteroatoms. The molecule has 0 aliphatic carbocycles. The molecule has 5 nitrogen and oxygen atoms in total. The summed E-state index contributed by atoms with van der Waals surface area (Å²) in [7, 11) is 0. The summed E-state index contributed by atoms with van der Waals surface area (Å²) in [5.41, 5.74) is 2.09. The maximum atomic E-state index is 12.5. The second kappa shape index (κ2) is 7.18. The zero-order valence-corrected chi connectivity index (χ0v) is 14.3. The van der Waals surface area contributed by atoms with E-state index in [1.807, 2.05) is 12.1 Å². The lowest BCUT2D eigenvalue weighted by Gasteiger charge is -2.31. The third kappa shape index (κ3) is 3.36. The van der Waals surface area contributed by atoms with Crippen LogP contribution in [0.3, 0.4) is 0 Å². The van der Waals surface area contributed by atoms with Crippen LogP contribution < -0.4 is 5.56 Å². The molecule has 0 saturated heterocycles. The highest BCUT2D eigenvalue weighted by molar-refractivity contribution is 6.30. The number of carbonyl (C=O) groups excluding carboxylic acids is 1. The van der Waals surface area contributed by atoms with E-state index in [2.05, 4.69) is 11.9 Å². The van der Waals surface area contributed by atoms with Gasteiger partial charge in [-0.15, -0.1) is 0 Å². The van der Waals surface area contributed by atoms with Gasteiger partial charge in [-0.3, -0.25) is 9.59 Å². The Morgan fingerprint density at radius 3 is 2.79 bits per heavy atom. The van der Waals surface area contributed by atoms with E-state index in [0.29, 0.717) is 29.5 Å². The number of H-pyrrole nitrogens is 1. The number of halogens is 1. The third-order valence-electron chi connectivity index (χ3n) is 4.42. The molecule has 3 rings (SSSR count). The quantitative estimate of drug-likeness (QED) is 0.845. The van der Waals surface area contributed by atoms with E-state index in [4.69, 9.17) is 16.6 Å². The maximum absolute atomic E-state index is 12.5. The molecular formula is C18H20ClN3O2. The molecule has 1 aromatic carbocycles. The van der Waals surface area contributed by atoms with E-state index in [1.165, 1.54) is 0 Å². The summed E-state index contributed by atoms with van der Waals surface area (Å²) in [5.74, 6) is 0.656. The monoisotopic (exact) mass is 345 g/mol. The first-order valence-corrected chi connectivity index (χ1v) is 8.58. The van der Waals surface area contributed by atoms with Gasteiger partial charge in [-0.05, 0) is 30.7 Å². The van der Waals surface area contributed by atoms with E-state index in [-0.39, 0.29) is 11.5 Å². The first kappa shape index (κ1) is 16.7. The SMILES string of the molecule is CCCCC1CN(C=O)Cc2c1nc(-c1ccc(Cl)cc1)[nH]c2=O. The van der Waals surface area contributed by atoms with Gasteiger partial charge in [0.1, 0.15) is 5.82 Å². The van der Waals surface area contributed by atoms with Crippen molar-refractivity contribution in [2.45, 2.75) is 38.6 Å². The smallest absolute Gasteiger partial charge is 0.256 e. The molecule has 1 amide bonds. The van der Waals surface area contributed by atoms with Gasteiger partial charge < -0.3 is 9.88 Å². The highest BCUT2D eigenvalue weighted by Gasteiger charge is 2.28. The number of hydrogen-bond donors (Lipinski definition) is 1. The van der Waals surface area contributed by atoms with Crippen LogP contribution in [0.5, 0.6) is 0 Å². The van der Waals surface area contributed by atoms with Gasteiger partial charge in [0.15, 0.2) is 0 Å². The first-order chi connectivity index (χ1) is 11.6. The van der Waals surface area contributed by atoms with Crippen LogP contribution in [0.25, 0.3) is 11.4 Å². The average molecular weight is 346 g/mol. The Kier molecular flexibility index (Phi) is 5.00. The van der Waals surface area contributed by atoms with Gasteiger partial charge in [0.2, 0.25) is 6.41 Å². The van der Waals surface area contributed by atoms with Gasteiger partial charge >= 0.3 is 0 Å². The highest BCUT2D eigenvalue weighted by atomic mass is 35.5. The van der Waals surface area contributed by atoms with Crippen LogP contribution in [-0.4, -0.2) is 27.8 Å². The van der Waals surface area contributed by atoms with E-state index < -0.39 is 0 Å². The van der Waals surface area contributed by atoms with Crippen molar-refractivity contribution in [1.29, 1.82) is 0 Å². The van der Waals surface area contributed by atoms with Gasteiger partial charge in [-0.25, -0.2) is 4.98 Å². The number of aromatic amines is 1. The van der Waals surface area contributed by atoms with Crippen LogP contribution in [0.2, 0.25) is 5.02 Å². The van der Waals surface area contributed by atoms with Gasteiger partial charge in [-0.1, -0.05) is 31.4 Å². The van der Waals surface area contributed by atoms with E-state index in [0.717, 1.165) is 36.9 Å². The van der Waals surface area contributed by atoms with Crippen molar-refractivity contribution in [3.05, 3.63) is 50.9 Å². The molecule has 1 aliphatic heterocycles. The predicted molar refractivity (Wildman–Crippen MR) is 94.0 cm³/mol. The maximum Gasteiger partial charge on any atom is 0.256 e. The number of nitrogens with zero attached hydrogens (tertiary/aromatic N) is 2. The lowest BCUT2D eigenvalue weighted by atomic mass is 9.91. The van der Waals surface area contributed by atoms with Gasteiger partial charge in [0.05, 0.1) is 17.8 Å². The average Bonchev–Trinajstić information content (AvgIpc) is 2.60. The molecule has 2 aromatic rings. The molecule has 0 fully saturated rings. The molecule has 2 heterocycles. The molecule has 0 bridgehead atoms. The van der Waals surface area contributed by atoms with E-state index in [1.54, 1.807) is 17.0 Å². The minimum absolute atomic E-state index is 0.104. The Morgan fingerprint density at radius 1 is 1.38 bits per heavy atom. The molecular weight excluding hydrogens is 326 g/mol. The number of fused-ring (bicyclic) bond motifs is 1. The molecule has 24 heavy (non-hydrogen) atoms. The van der Waals surface area contributed by atoms with Crippen molar-refractivity contribution in [3.8, 4) is 11.4 Å². The largest absolute Gasteiger partial charge is 0.340 e. The Labute approximate surface area is 145 Å². The number of benzene rings is 1. The summed E-state index contributed by atoms with van der Waals surface area (Å²) in [6.07, 6.45) is 3.85. The van der Waals surface area contributed by atoms with Crippen LogP contribution in [0.15, 0.2) is 29.1 Å². The Balaban J connectivity index is 2.05. The summed E-state index contributed by atoms with van der Waals surface area (Å²) in [5, 5.41) is 0.640. The summed E-state index contributed by atoms with van der Waals surface area (Å²) in [6.45, 7) is 3.07. The molecule has 0 radical (unpaired) electrons. The fraction of sp³-hybridized carbons (Fsp3) is 0.389. The van der Waals surface area contributed by atoms with Crippen molar-refractivity contribution in [1.82, 2.24) is 14.9 Å². The summed E-state index contributed by atoms with van der Waals surface area (Å²) >= 11 is 5.93. The van der Waals surface area contributed by atoms with Crippen molar-refractivity contribution in [2.24, 2.45) is 0 Å². The highest BCUT2D eigenvalue weighted by Crippen LogP contribution is 2.29. The number of aromatic nitrogens is 2. The van der Waals surface area contributed by atoms with Gasteiger partial charge in [-0.2, -0.15) is 0 Å². The van der Waals surface area contributed by atoms with Crippen LogP contribution >= 0.6 is 11.6 Å². The fourth-order valence-electron chi connectivity index (χ4n) is 3.15. The zero-order chi connectivity index (χ0) is 17.1. The Bertz CT molecular complexity index is 786. The molecule has 1 aliphatic rings. The number of rotatable bonds is 5.